The Balaban J connectivity index is 1.54. The molecule has 1 fully saturated rings. The third-order valence-electron chi connectivity index (χ3n) is 4.51. The van der Waals surface area contributed by atoms with Gasteiger partial charge in [-0.15, -0.1) is 5.10 Å². The van der Waals surface area contributed by atoms with Crippen molar-refractivity contribution in [2.24, 2.45) is 0 Å². The molecular weight excluding hydrogens is 380 g/mol. The van der Waals surface area contributed by atoms with Crippen LogP contribution in [0.5, 0.6) is 0 Å². The summed E-state index contributed by atoms with van der Waals surface area (Å²) in [6.07, 6.45) is 1.42. The topological polar surface area (TPSA) is 148 Å². The van der Waals surface area contributed by atoms with Crippen molar-refractivity contribution in [2.45, 2.75) is 19.4 Å². The Labute approximate surface area is 163 Å². The first kappa shape index (κ1) is 18.3. The highest BCUT2D eigenvalue weighted by atomic mass is 16.5. The number of tetrazole rings is 1. The van der Waals surface area contributed by atoms with E-state index in [-0.39, 0.29) is 5.82 Å². The zero-order valence-electron chi connectivity index (χ0n) is 15.5. The van der Waals surface area contributed by atoms with Crippen molar-refractivity contribution in [3.63, 3.8) is 0 Å². The van der Waals surface area contributed by atoms with Gasteiger partial charge in [0.1, 0.15) is 24.2 Å². The van der Waals surface area contributed by atoms with Crippen molar-refractivity contribution >= 4 is 23.7 Å². The number of rotatable bonds is 5. The minimum absolute atomic E-state index is 0.205. The van der Waals surface area contributed by atoms with Crippen LogP contribution < -0.4 is 10.6 Å². The molecule has 0 unspecified atom stereocenters. The maximum Gasteiger partial charge on any atom is 0.325 e. The molecule has 148 valence electrons. The third-order valence-corrected chi connectivity index (χ3v) is 4.51. The molecule has 4 rings (SSSR count). The second-order valence-corrected chi connectivity index (χ2v) is 6.62. The van der Waals surface area contributed by atoms with E-state index in [0.717, 1.165) is 4.90 Å². The highest BCUT2D eigenvalue weighted by Crippen LogP contribution is 2.29. The molecule has 4 amide bonds. The largest absolute Gasteiger partial charge is 0.360 e. The average Bonchev–Trinajstić information content (AvgIpc) is 3.41. The molecule has 3 heterocycles. The number of nitrogens with one attached hydrogen (secondary N) is 2. The van der Waals surface area contributed by atoms with E-state index in [0.29, 0.717) is 17.0 Å². The van der Waals surface area contributed by atoms with Gasteiger partial charge in [-0.3, -0.25) is 14.5 Å². The van der Waals surface area contributed by atoms with E-state index < -0.39 is 29.9 Å². The van der Waals surface area contributed by atoms with Gasteiger partial charge >= 0.3 is 6.03 Å². The van der Waals surface area contributed by atoms with Gasteiger partial charge in [0.15, 0.2) is 5.82 Å². The molecule has 2 aromatic heterocycles. The Morgan fingerprint density at radius 2 is 2.14 bits per heavy atom. The summed E-state index contributed by atoms with van der Waals surface area (Å²) in [5, 5.41) is 19.8. The van der Waals surface area contributed by atoms with Crippen molar-refractivity contribution in [1.82, 2.24) is 35.6 Å². The van der Waals surface area contributed by atoms with Gasteiger partial charge in [0, 0.05) is 6.07 Å². The number of nitrogens with zero attached hydrogens (tertiary/aromatic N) is 6. The number of anilines is 1. The lowest BCUT2D eigenvalue weighted by molar-refractivity contribution is -0.133. The number of aryl methyl sites for hydroxylation is 1. The zero-order chi connectivity index (χ0) is 20.6. The van der Waals surface area contributed by atoms with E-state index in [1.54, 1.807) is 38.1 Å². The second kappa shape index (κ2) is 6.82. The molecule has 29 heavy (non-hydrogen) atoms. The second-order valence-electron chi connectivity index (χ2n) is 6.62. The highest BCUT2D eigenvalue weighted by Gasteiger charge is 2.49. The predicted molar refractivity (Wildman–Crippen MR) is 96.6 cm³/mol. The van der Waals surface area contributed by atoms with Gasteiger partial charge < -0.3 is 15.2 Å². The Morgan fingerprint density at radius 1 is 1.31 bits per heavy atom. The predicted octanol–water partition coefficient (Wildman–Crippen LogP) is 0.364. The summed E-state index contributed by atoms with van der Waals surface area (Å²) in [5.74, 6) is -0.405. The number of hydrogen-bond donors (Lipinski definition) is 2. The van der Waals surface area contributed by atoms with Crippen LogP contribution in [0.25, 0.3) is 5.69 Å². The lowest BCUT2D eigenvalue weighted by atomic mass is 9.91. The van der Waals surface area contributed by atoms with Gasteiger partial charge in [-0.1, -0.05) is 17.3 Å². The van der Waals surface area contributed by atoms with Gasteiger partial charge in [-0.25, -0.2) is 9.48 Å². The summed E-state index contributed by atoms with van der Waals surface area (Å²) in [7, 11) is 0. The van der Waals surface area contributed by atoms with E-state index in [9.17, 15) is 14.4 Å². The number of carbonyl (C=O) groups excluding carboxylic acids is 3. The van der Waals surface area contributed by atoms with Crippen LogP contribution >= 0.6 is 0 Å². The molecule has 0 radical (unpaired) electrons. The SMILES string of the molecule is Cc1cc(NC(=O)CN2C(=O)N[C@@](C)(c3cccc(-n4cnnn4)c3)C2=O)no1. The molecule has 12 nitrogen and oxygen atoms in total. The fourth-order valence-corrected chi connectivity index (χ4v) is 3.03. The number of amides is 4. The highest BCUT2D eigenvalue weighted by molar-refractivity contribution is 6.10. The van der Waals surface area contributed by atoms with Gasteiger partial charge in [0.25, 0.3) is 5.91 Å². The number of aromatic nitrogens is 5. The fraction of sp³-hybridized carbons (Fsp3) is 0.235. The lowest BCUT2D eigenvalue weighted by Crippen LogP contribution is -2.42. The molecule has 1 atom stereocenters. The van der Waals surface area contributed by atoms with Crippen LogP contribution in [0.1, 0.15) is 18.2 Å². The molecule has 0 spiro atoms. The van der Waals surface area contributed by atoms with Crippen molar-refractivity contribution in [1.29, 1.82) is 0 Å². The molecule has 1 saturated heterocycles. The van der Waals surface area contributed by atoms with Crippen LogP contribution in [0.4, 0.5) is 10.6 Å². The van der Waals surface area contributed by atoms with Crippen LogP contribution in [0.2, 0.25) is 0 Å². The lowest BCUT2D eigenvalue weighted by Gasteiger charge is -2.22. The maximum absolute atomic E-state index is 13.0. The van der Waals surface area contributed by atoms with Crippen molar-refractivity contribution in [3.8, 4) is 5.69 Å². The monoisotopic (exact) mass is 396 g/mol. The molecule has 1 aromatic carbocycles. The van der Waals surface area contributed by atoms with Crippen molar-refractivity contribution in [3.05, 3.63) is 48.0 Å². The first-order chi connectivity index (χ1) is 13.9. The number of carbonyl (C=O) groups is 3. The number of imide groups is 1. The van der Waals surface area contributed by atoms with Gasteiger partial charge in [-0.05, 0) is 42.0 Å². The fourth-order valence-electron chi connectivity index (χ4n) is 3.03. The zero-order valence-corrected chi connectivity index (χ0v) is 15.5. The van der Waals surface area contributed by atoms with Crippen molar-refractivity contribution < 1.29 is 18.9 Å². The van der Waals surface area contributed by atoms with E-state index in [4.69, 9.17) is 4.52 Å². The Kier molecular flexibility index (Phi) is 4.30. The quantitative estimate of drug-likeness (QED) is 0.588. The minimum atomic E-state index is -1.34. The summed E-state index contributed by atoms with van der Waals surface area (Å²) >= 11 is 0. The van der Waals surface area contributed by atoms with E-state index in [2.05, 4.69) is 31.3 Å². The Bertz CT molecular complexity index is 1090. The number of urea groups is 1. The normalized spacial score (nSPS) is 18.8. The molecule has 1 aliphatic rings. The smallest absolute Gasteiger partial charge is 0.325 e. The Hall–Kier alpha value is -4.09. The standard InChI is InChI=1S/C17H16N8O4/c1-10-6-13(21-29-10)19-14(26)8-24-15(27)17(2,20-16(24)28)11-4-3-5-12(7-11)25-9-18-22-23-25/h3-7,9H,8H2,1-2H3,(H,20,28)(H,19,21,26)/t17-/m0/s1. The third kappa shape index (κ3) is 3.31. The average molecular weight is 396 g/mol. The molecular formula is C17H16N8O4. The number of benzene rings is 1. The molecule has 12 heteroatoms. The van der Waals surface area contributed by atoms with Gasteiger partial charge in [0.2, 0.25) is 5.91 Å². The molecule has 0 saturated carbocycles. The molecule has 0 aliphatic carbocycles. The molecule has 1 aliphatic heterocycles. The van der Waals surface area contributed by atoms with Crippen LogP contribution in [0.3, 0.4) is 0 Å². The van der Waals surface area contributed by atoms with Gasteiger partial charge in [0.05, 0.1) is 5.69 Å². The summed E-state index contributed by atoms with van der Waals surface area (Å²) in [5.41, 5.74) is -0.196. The van der Waals surface area contributed by atoms with Crippen molar-refractivity contribution in [2.75, 3.05) is 11.9 Å². The van der Waals surface area contributed by atoms with Crippen LogP contribution in [0, 0.1) is 6.92 Å². The van der Waals surface area contributed by atoms with Crippen LogP contribution in [-0.2, 0) is 15.1 Å². The first-order valence-corrected chi connectivity index (χ1v) is 8.58. The molecule has 0 bridgehead atoms. The van der Waals surface area contributed by atoms with Crippen LogP contribution in [0.15, 0.2) is 41.2 Å². The van der Waals surface area contributed by atoms with E-state index in [1.807, 2.05) is 0 Å². The molecule has 2 N–H and O–H groups in total. The summed E-state index contributed by atoms with van der Waals surface area (Å²) in [4.78, 5) is 38.5. The minimum Gasteiger partial charge on any atom is -0.360 e. The summed E-state index contributed by atoms with van der Waals surface area (Å²) < 4.78 is 6.30. The van der Waals surface area contributed by atoms with Gasteiger partial charge in [-0.2, -0.15) is 0 Å². The van der Waals surface area contributed by atoms with E-state index >= 15 is 0 Å². The Morgan fingerprint density at radius 3 is 2.83 bits per heavy atom. The molecule has 3 aromatic rings. The summed E-state index contributed by atoms with van der Waals surface area (Å²) in [6.45, 7) is 2.79. The van der Waals surface area contributed by atoms with Crippen LogP contribution in [-0.4, -0.2) is 54.7 Å². The first-order valence-electron chi connectivity index (χ1n) is 8.58. The maximum atomic E-state index is 13.0. The van der Waals surface area contributed by atoms with E-state index in [1.165, 1.54) is 17.1 Å². The summed E-state index contributed by atoms with van der Waals surface area (Å²) in [6, 6.07) is 7.73. The number of hydrogen-bond acceptors (Lipinski definition) is 8.